The molecule has 0 saturated heterocycles. The Morgan fingerprint density at radius 1 is 1.15 bits per heavy atom. The summed E-state index contributed by atoms with van der Waals surface area (Å²) < 4.78 is 1.79. The van der Waals surface area contributed by atoms with Gasteiger partial charge in [-0.15, -0.1) is 0 Å². The number of nitrogens with one attached hydrogen (secondary N) is 2. The molecule has 2 amide bonds. The average molecular weight is 400 g/mol. The van der Waals surface area contributed by atoms with E-state index in [1.54, 1.807) is 12.4 Å². The molecule has 104 valence electrons. The third-order valence-electron chi connectivity index (χ3n) is 2.43. The van der Waals surface area contributed by atoms with Gasteiger partial charge in [0.25, 0.3) is 0 Å². The van der Waals surface area contributed by atoms with Gasteiger partial charge in [-0.2, -0.15) is 0 Å². The van der Waals surface area contributed by atoms with Crippen molar-refractivity contribution in [1.29, 1.82) is 0 Å². The third-order valence-corrected chi connectivity index (χ3v) is 3.34. The molecule has 0 radical (unpaired) electrons. The largest absolute Gasteiger partial charge is 0.337 e. The predicted octanol–water partition coefficient (Wildman–Crippen LogP) is 3.37. The Morgan fingerprint density at radius 3 is 2.60 bits per heavy atom. The minimum atomic E-state index is -0.317. The first-order valence-corrected chi connectivity index (χ1v) is 7.49. The molecule has 2 rings (SSSR count). The Hall–Kier alpha value is -1.47. The fraction of sp³-hybridized carbons (Fsp3) is 0.154. The van der Waals surface area contributed by atoms with Gasteiger partial charge in [0.05, 0.1) is 4.47 Å². The summed E-state index contributed by atoms with van der Waals surface area (Å²) in [5.41, 5.74) is 1.15. The first-order chi connectivity index (χ1) is 9.63. The zero-order valence-electron chi connectivity index (χ0n) is 10.4. The molecule has 0 spiro atoms. The number of rotatable bonds is 4. The predicted molar refractivity (Wildman–Crippen MR) is 84.6 cm³/mol. The van der Waals surface area contributed by atoms with Crippen LogP contribution in [-0.2, 0) is 6.42 Å². The Kier molecular flexibility index (Phi) is 5.49. The second kappa shape index (κ2) is 7.35. The lowest BCUT2D eigenvalue weighted by molar-refractivity contribution is 0.252. The first-order valence-electron chi connectivity index (χ1n) is 5.90. The number of halogens is 2. The highest BCUT2D eigenvalue weighted by atomic mass is 79.9. The summed E-state index contributed by atoms with van der Waals surface area (Å²) in [7, 11) is 0. The van der Waals surface area contributed by atoms with Crippen LogP contribution in [0, 0.1) is 0 Å². The molecule has 7 heteroatoms. The average Bonchev–Trinajstić information content (AvgIpc) is 2.41. The van der Waals surface area contributed by atoms with Crippen molar-refractivity contribution in [2.75, 3.05) is 11.9 Å². The molecule has 0 fully saturated rings. The fourth-order valence-corrected chi connectivity index (χ4v) is 2.19. The Labute approximate surface area is 133 Å². The van der Waals surface area contributed by atoms with Gasteiger partial charge in [0.15, 0.2) is 0 Å². The summed E-state index contributed by atoms with van der Waals surface area (Å²) in [5.74, 6) is 0.271. The van der Waals surface area contributed by atoms with Gasteiger partial charge in [0.1, 0.15) is 0 Å². The standard InChI is InChI=1S/C13H12Br2N4O/c14-10-3-1-2-9(6-10)4-5-16-13(20)19-12-17-7-11(15)8-18-12/h1-3,6-8H,4-5H2,(H2,16,17,18,19,20). The number of carbonyl (C=O) groups is 1. The minimum absolute atomic E-state index is 0.271. The number of hydrogen-bond donors (Lipinski definition) is 2. The summed E-state index contributed by atoms with van der Waals surface area (Å²) >= 11 is 6.64. The lowest BCUT2D eigenvalue weighted by atomic mass is 10.1. The van der Waals surface area contributed by atoms with Crippen LogP contribution < -0.4 is 10.6 Å². The summed E-state index contributed by atoms with van der Waals surface area (Å²) in [5, 5.41) is 5.32. The van der Waals surface area contributed by atoms with Gasteiger partial charge in [0.2, 0.25) is 5.95 Å². The third kappa shape index (κ3) is 4.90. The molecule has 1 heterocycles. The molecule has 0 bridgehead atoms. The summed E-state index contributed by atoms with van der Waals surface area (Å²) in [6.45, 7) is 0.540. The molecule has 2 aromatic rings. The van der Waals surface area contributed by atoms with Crippen LogP contribution in [0.15, 0.2) is 45.6 Å². The van der Waals surface area contributed by atoms with E-state index in [0.717, 1.165) is 20.9 Å². The number of aromatic nitrogens is 2. The van der Waals surface area contributed by atoms with Gasteiger partial charge in [0, 0.05) is 23.4 Å². The SMILES string of the molecule is O=C(NCCc1cccc(Br)c1)Nc1ncc(Br)cn1. The normalized spacial score (nSPS) is 10.1. The van der Waals surface area contributed by atoms with Crippen LogP contribution in [0.2, 0.25) is 0 Å². The molecule has 0 unspecified atom stereocenters. The maximum atomic E-state index is 11.6. The number of benzene rings is 1. The van der Waals surface area contributed by atoms with Gasteiger partial charge in [-0.25, -0.2) is 14.8 Å². The molecule has 2 N–H and O–H groups in total. The lowest BCUT2D eigenvalue weighted by Crippen LogP contribution is -2.31. The number of urea groups is 1. The second-order valence-corrected chi connectivity index (χ2v) is 5.82. The van der Waals surface area contributed by atoms with Crippen LogP contribution in [0.1, 0.15) is 5.56 Å². The van der Waals surface area contributed by atoms with Crippen LogP contribution in [0.4, 0.5) is 10.7 Å². The smallest absolute Gasteiger partial charge is 0.321 e. The zero-order valence-corrected chi connectivity index (χ0v) is 13.6. The highest BCUT2D eigenvalue weighted by molar-refractivity contribution is 9.10. The van der Waals surface area contributed by atoms with E-state index in [0.29, 0.717) is 6.54 Å². The molecule has 5 nitrogen and oxygen atoms in total. The van der Waals surface area contributed by atoms with Crippen molar-refractivity contribution in [3.8, 4) is 0 Å². The van der Waals surface area contributed by atoms with Crippen molar-refractivity contribution in [2.45, 2.75) is 6.42 Å². The maximum absolute atomic E-state index is 11.6. The van der Waals surface area contributed by atoms with E-state index in [1.165, 1.54) is 0 Å². The van der Waals surface area contributed by atoms with Crippen molar-refractivity contribution >= 4 is 43.8 Å². The molecule has 0 aliphatic rings. The second-order valence-electron chi connectivity index (χ2n) is 3.99. The van der Waals surface area contributed by atoms with Crippen molar-refractivity contribution in [1.82, 2.24) is 15.3 Å². The Balaban J connectivity index is 1.76. The van der Waals surface area contributed by atoms with E-state index in [2.05, 4.69) is 52.5 Å². The molecular weight excluding hydrogens is 388 g/mol. The highest BCUT2D eigenvalue weighted by Gasteiger charge is 2.03. The van der Waals surface area contributed by atoms with Gasteiger partial charge >= 0.3 is 6.03 Å². The number of amides is 2. The Morgan fingerprint density at radius 2 is 1.90 bits per heavy atom. The van der Waals surface area contributed by atoms with Crippen molar-refractivity contribution in [2.24, 2.45) is 0 Å². The molecule has 20 heavy (non-hydrogen) atoms. The van der Waals surface area contributed by atoms with Crippen LogP contribution in [0.25, 0.3) is 0 Å². The maximum Gasteiger partial charge on any atom is 0.321 e. The van der Waals surface area contributed by atoms with Crippen LogP contribution in [0.5, 0.6) is 0 Å². The van der Waals surface area contributed by atoms with Crippen LogP contribution in [0.3, 0.4) is 0 Å². The van der Waals surface area contributed by atoms with Crippen molar-refractivity contribution in [3.63, 3.8) is 0 Å². The summed E-state index contributed by atoms with van der Waals surface area (Å²) in [4.78, 5) is 19.6. The minimum Gasteiger partial charge on any atom is -0.337 e. The van der Waals surface area contributed by atoms with Crippen LogP contribution in [-0.4, -0.2) is 22.5 Å². The molecule has 1 aromatic carbocycles. The zero-order chi connectivity index (χ0) is 14.4. The topological polar surface area (TPSA) is 66.9 Å². The monoisotopic (exact) mass is 398 g/mol. The Bertz CT molecular complexity index is 589. The number of carbonyl (C=O) groups excluding carboxylic acids is 1. The quantitative estimate of drug-likeness (QED) is 0.828. The van der Waals surface area contributed by atoms with E-state index in [1.807, 2.05) is 24.3 Å². The van der Waals surface area contributed by atoms with Gasteiger partial charge in [-0.05, 0) is 40.0 Å². The summed E-state index contributed by atoms with van der Waals surface area (Å²) in [6, 6.07) is 7.66. The molecule has 0 aliphatic heterocycles. The van der Waals surface area contributed by atoms with E-state index in [4.69, 9.17) is 0 Å². The van der Waals surface area contributed by atoms with Crippen molar-refractivity contribution in [3.05, 3.63) is 51.2 Å². The lowest BCUT2D eigenvalue weighted by Gasteiger charge is -2.06. The van der Waals surface area contributed by atoms with E-state index in [-0.39, 0.29) is 12.0 Å². The van der Waals surface area contributed by atoms with Gasteiger partial charge < -0.3 is 5.32 Å². The molecule has 0 aliphatic carbocycles. The summed E-state index contributed by atoms with van der Waals surface area (Å²) in [6.07, 6.45) is 3.91. The molecular formula is C13H12Br2N4O. The van der Waals surface area contributed by atoms with E-state index < -0.39 is 0 Å². The molecule has 0 atom stereocenters. The first kappa shape index (κ1) is 14.9. The van der Waals surface area contributed by atoms with E-state index in [9.17, 15) is 4.79 Å². The highest BCUT2D eigenvalue weighted by Crippen LogP contribution is 2.11. The van der Waals surface area contributed by atoms with E-state index >= 15 is 0 Å². The fourth-order valence-electron chi connectivity index (χ4n) is 1.54. The number of nitrogens with zero attached hydrogens (tertiary/aromatic N) is 2. The number of hydrogen-bond acceptors (Lipinski definition) is 3. The van der Waals surface area contributed by atoms with Gasteiger partial charge in [-0.3, -0.25) is 5.32 Å². The number of anilines is 1. The van der Waals surface area contributed by atoms with Gasteiger partial charge in [-0.1, -0.05) is 28.1 Å². The van der Waals surface area contributed by atoms with Crippen LogP contribution >= 0.6 is 31.9 Å². The van der Waals surface area contributed by atoms with Crippen molar-refractivity contribution < 1.29 is 4.79 Å². The molecule has 1 aromatic heterocycles. The molecule has 0 saturated carbocycles.